The molecule has 15 heavy (non-hydrogen) atoms. The maximum atomic E-state index is 5.68. The van der Waals surface area contributed by atoms with Crippen LogP contribution in [0, 0.1) is 0 Å². The number of benzene rings is 1. The minimum absolute atomic E-state index is 0.456. The van der Waals surface area contributed by atoms with Crippen LogP contribution in [0.5, 0.6) is 0 Å². The van der Waals surface area contributed by atoms with E-state index < -0.39 is 5.79 Å². The minimum atomic E-state index is -0.456. The zero-order valence-corrected chi connectivity index (χ0v) is 10.4. The molecule has 0 atom stereocenters. The van der Waals surface area contributed by atoms with Crippen LogP contribution in [0.15, 0.2) is 28.7 Å². The second kappa shape index (κ2) is 4.64. The van der Waals surface area contributed by atoms with Gasteiger partial charge >= 0.3 is 0 Å². The molecule has 1 aromatic carbocycles. The van der Waals surface area contributed by atoms with Gasteiger partial charge in [0.2, 0.25) is 0 Å². The van der Waals surface area contributed by atoms with Crippen LogP contribution in [-0.4, -0.2) is 19.0 Å². The highest BCUT2D eigenvalue weighted by molar-refractivity contribution is 9.10. The van der Waals surface area contributed by atoms with Crippen LogP contribution in [0.4, 0.5) is 0 Å². The van der Waals surface area contributed by atoms with Crippen LogP contribution in [0.3, 0.4) is 0 Å². The molecular weight excluding hydrogens is 256 g/mol. The first-order valence-electron chi connectivity index (χ1n) is 5.21. The van der Waals surface area contributed by atoms with Crippen LogP contribution < -0.4 is 0 Å². The first kappa shape index (κ1) is 11.1. The maximum Gasteiger partial charge on any atom is 0.169 e. The largest absolute Gasteiger partial charge is 0.350 e. The monoisotopic (exact) mass is 270 g/mol. The van der Waals surface area contributed by atoms with Crippen LogP contribution in [0.25, 0.3) is 0 Å². The molecule has 1 aromatic rings. The summed E-state index contributed by atoms with van der Waals surface area (Å²) in [6.45, 7) is 3.59. The molecule has 0 bridgehead atoms. The molecular formula is C12H15BrO2. The lowest BCUT2D eigenvalue weighted by Crippen LogP contribution is -2.39. The fourth-order valence-electron chi connectivity index (χ4n) is 1.77. The fourth-order valence-corrected chi connectivity index (χ4v) is 2.19. The molecule has 1 saturated heterocycles. The number of rotatable bonds is 2. The molecule has 1 fully saturated rings. The second-order valence-corrected chi connectivity index (χ2v) is 4.81. The molecule has 0 aromatic heterocycles. The average Bonchev–Trinajstić information content (AvgIpc) is 2.22. The molecule has 0 amide bonds. The summed E-state index contributed by atoms with van der Waals surface area (Å²) >= 11 is 3.54. The Morgan fingerprint density at radius 1 is 1.27 bits per heavy atom. The highest BCUT2D eigenvalue weighted by Crippen LogP contribution is 2.26. The van der Waals surface area contributed by atoms with E-state index in [4.69, 9.17) is 9.47 Å². The third-order valence-electron chi connectivity index (χ3n) is 2.57. The number of hydrogen-bond donors (Lipinski definition) is 0. The Labute approximate surface area is 98.7 Å². The maximum absolute atomic E-state index is 5.68. The number of halogens is 1. The Hall–Kier alpha value is -0.380. The van der Waals surface area contributed by atoms with Crippen molar-refractivity contribution in [3.63, 3.8) is 0 Å². The third kappa shape index (κ3) is 2.80. The highest BCUT2D eigenvalue weighted by Gasteiger charge is 2.29. The molecule has 0 N–H and O–H groups in total. The Morgan fingerprint density at radius 3 is 2.60 bits per heavy atom. The summed E-state index contributed by atoms with van der Waals surface area (Å²) in [5, 5.41) is 0. The topological polar surface area (TPSA) is 18.5 Å². The van der Waals surface area contributed by atoms with Crippen molar-refractivity contribution in [2.45, 2.75) is 25.6 Å². The summed E-state index contributed by atoms with van der Waals surface area (Å²) in [5.41, 5.74) is 1.22. The van der Waals surface area contributed by atoms with E-state index in [2.05, 4.69) is 22.0 Å². The molecule has 0 spiro atoms. The molecule has 0 radical (unpaired) electrons. The van der Waals surface area contributed by atoms with Crippen molar-refractivity contribution in [2.24, 2.45) is 0 Å². The van der Waals surface area contributed by atoms with Crippen molar-refractivity contribution in [1.82, 2.24) is 0 Å². The molecule has 0 unspecified atom stereocenters. The van der Waals surface area contributed by atoms with E-state index in [1.807, 2.05) is 25.1 Å². The van der Waals surface area contributed by atoms with E-state index >= 15 is 0 Å². The van der Waals surface area contributed by atoms with Gasteiger partial charge in [-0.05, 0) is 25.0 Å². The van der Waals surface area contributed by atoms with Gasteiger partial charge in [-0.2, -0.15) is 0 Å². The van der Waals surface area contributed by atoms with Crippen LogP contribution in [0.1, 0.15) is 18.9 Å². The standard InChI is InChI=1S/C12H15BrO2/c1-12(14-7-4-8-15-12)9-10-5-2-3-6-11(10)13/h2-3,5-6H,4,7-9H2,1H3. The molecule has 1 aliphatic rings. The molecule has 1 heterocycles. The molecule has 0 aliphatic carbocycles. The SMILES string of the molecule is CC1(Cc2ccccc2Br)OCCCO1. The zero-order chi connectivity index (χ0) is 10.7. The lowest BCUT2D eigenvalue weighted by molar-refractivity contribution is -0.254. The van der Waals surface area contributed by atoms with Crippen molar-refractivity contribution in [3.05, 3.63) is 34.3 Å². The Morgan fingerprint density at radius 2 is 1.93 bits per heavy atom. The fraction of sp³-hybridized carbons (Fsp3) is 0.500. The summed E-state index contributed by atoms with van der Waals surface area (Å²) in [6, 6.07) is 8.18. The van der Waals surface area contributed by atoms with E-state index in [0.29, 0.717) is 0 Å². The van der Waals surface area contributed by atoms with Crippen molar-refractivity contribution in [1.29, 1.82) is 0 Å². The van der Waals surface area contributed by atoms with E-state index in [-0.39, 0.29) is 0 Å². The van der Waals surface area contributed by atoms with E-state index in [0.717, 1.165) is 30.5 Å². The van der Waals surface area contributed by atoms with Gasteiger partial charge in [-0.3, -0.25) is 0 Å². The predicted octanol–water partition coefficient (Wildman–Crippen LogP) is 3.14. The first-order valence-corrected chi connectivity index (χ1v) is 6.00. The molecule has 2 nitrogen and oxygen atoms in total. The van der Waals surface area contributed by atoms with Gasteiger partial charge in [-0.25, -0.2) is 0 Å². The van der Waals surface area contributed by atoms with Gasteiger partial charge in [0.05, 0.1) is 13.2 Å². The molecule has 82 valence electrons. The van der Waals surface area contributed by atoms with Crippen molar-refractivity contribution < 1.29 is 9.47 Å². The summed E-state index contributed by atoms with van der Waals surface area (Å²) < 4.78 is 12.5. The summed E-state index contributed by atoms with van der Waals surface area (Å²) in [4.78, 5) is 0. The van der Waals surface area contributed by atoms with Gasteiger partial charge in [-0.1, -0.05) is 34.1 Å². The van der Waals surface area contributed by atoms with Crippen LogP contribution in [-0.2, 0) is 15.9 Å². The third-order valence-corrected chi connectivity index (χ3v) is 3.35. The Kier molecular flexibility index (Phi) is 3.44. The van der Waals surface area contributed by atoms with Gasteiger partial charge in [0.25, 0.3) is 0 Å². The van der Waals surface area contributed by atoms with Gasteiger partial charge in [0.1, 0.15) is 0 Å². The van der Waals surface area contributed by atoms with Gasteiger partial charge in [0.15, 0.2) is 5.79 Å². The normalized spacial score (nSPS) is 20.1. The Bertz CT molecular complexity index is 332. The van der Waals surface area contributed by atoms with E-state index in [1.54, 1.807) is 0 Å². The zero-order valence-electron chi connectivity index (χ0n) is 8.83. The molecule has 2 rings (SSSR count). The van der Waals surface area contributed by atoms with Crippen molar-refractivity contribution >= 4 is 15.9 Å². The number of ether oxygens (including phenoxy) is 2. The van der Waals surface area contributed by atoms with Crippen LogP contribution >= 0.6 is 15.9 Å². The first-order chi connectivity index (χ1) is 7.20. The second-order valence-electron chi connectivity index (χ2n) is 3.95. The summed E-state index contributed by atoms with van der Waals surface area (Å²) in [7, 11) is 0. The smallest absolute Gasteiger partial charge is 0.169 e. The van der Waals surface area contributed by atoms with E-state index in [9.17, 15) is 0 Å². The Balaban J connectivity index is 2.10. The van der Waals surface area contributed by atoms with Gasteiger partial charge in [-0.15, -0.1) is 0 Å². The molecule has 3 heteroatoms. The summed E-state index contributed by atoms with van der Waals surface area (Å²) in [6.07, 6.45) is 1.78. The van der Waals surface area contributed by atoms with E-state index in [1.165, 1.54) is 5.56 Å². The minimum Gasteiger partial charge on any atom is -0.350 e. The molecule has 1 aliphatic heterocycles. The number of hydrogen-bond acceptors (Lipinski definition) is 2. The van der Waals surface area contributed by atoms with Crippen molar-refractivity contribution in [3.8, 4) is 0 Å². The quantitative estimate of drug-likeness (QED) is 0.822. The highest BCUT2D eigenvalue weighted by atomic mass is 79.9. The van der Waals surface area contributed by atoms with Gasteiger partial charge < -0.3 is 9.47 Å². The van der Waals surface area contributed by atoms with Crippen LogP contribution in [0.2, 0.25) is 0 Å². The average molecular weight is 271 g/mol. The lowest BCUT2D eigenvalue weighted by atomic mass is 10.1. The molecule has 0 saturated carbocycles. The lowest BCUT2D eigenvalue weighted by Gasteiger charge is -2.34. The summed E-state index contributed by atoms with van der Waals surface area (Å²) in [5.74, 6) is -0.456. The van der Waals surface area contributed by atoms with Crippen molar-refractivity contribution in [2.75, 3.05) is 13.2 Å². The van der Waals surface area contributed by atoms with Gasteiger partial charge in [0, 0.05) is 10.9 Å². The predicted molar refractivity (Wildman–Crippen MR) is 62.8 cm³/mol.